The SMILES string of the molecule is CN1CCC2(CC1)N=C(SCC(=O)Nc1ccc3c(c1)OCCO3)C(c1ccc(F)cc1)=N2. The van der Waals surface area contributed by atoms with Crippen molar-refractivity contribution < 1.29 is 18.7 Å². The van der Waals surface area contributed by atoms with E-state index < -0.39 is 5.66 Å². The molecule has 7 nitrogen and oxygen atoms in total. The van der Waals surface area contributed by atoms with Crippen LogP contribution in [0.15, 0.2) is 52.4 Å². The van der Waals surface area contributed by atoms with E-state index in [9.17, 15) is 9.18 Å². The van der Waals surface area contributed by atoms with Crippen molar-refractivity contribution in [3.05, 3.63) is 53.8 Å². The first kappa shape index (κ1) is 21.9. The van der Waals surface area contributed by atoms with E-state index in [1.807, 2.05) is 0 Å². The Morgan fingerprint density at radius 3 is 2.58 bits per heavy atom. The van der Waals surface area contributed by atoms with E-state index in [4.69, 9.17) is 19.5 Å². The zero-order chi connectivity index (χ0) is 22.8. The molecular formula is C24H25FN4O3S. The molecule has 0 radical (unpaired) electrons. The maximum absolute atomic E-state index is 13.5. The van der Waals surface area contributed by atoms with Crippen LogP contribution < -0.4 is 14.8 Å². The van der Waals surface area contributed by atoms with Gasteiger partial charge in [0.05, 0.1) is 11.5 Å². The molecule has 0 bridgehead atoms. The third-order valence-electron chi connectivity index (χ3n) is 5.90. The van der Waals surface area contributed by atoms with E-state index >= 15 is 0 Å². The first-order valence-corrected chi connectivity index (χ1v) is 12.0. The number of rotatable bonds is 4. The quantitative estimate of drug-likeness (QED) is 0.742. The van der Waals surface area contributed by atoms with Crippen molar-refractivity contribution in [3.63, 3.8) is 0 Å². The minimum atomic E-state index is -0.495. The number of piperidine rings is 1. The van der Waals surface area contributed by atoms with E-state index in [2.05, 4.69) is 17.3 Å². The van der Waals surface area contributed by atoms with Crippen LogP contribution in [-0.2, 0) is 4.79 Å². The van der Waals surface area contributed by atoms with Crippen molar-refractivity contribution in [2.45, 2.75) is 18.5 Å². The minimum absolute atomic E-state index is 0.151. The van der Waals surface area contributed by atoms with Gasteiger partial charge in [-0.25, -0.2) is 9.38 Å². The number of amides is 1. The Kier molecular flexibility index (Phi) is 6.07. The first-order valence-electron chi connectivity index (χ1n) is 11.0. The summed E-state index contributed by atoms with van der Waals surface area (Å²) in [5, 5.41) is 3.63. The summed E-state index contributed by atoms with van der Waals surface area (Å²) in [5.41, 5.74) is 1.70. The van der Waals surface area contributed by atoms with Gasteiger partial charge in [0.25, 0.3) is 0 Å². The number of nitrogens with zero attached hydrogens (tertiary/aromatic N) is 3. The van der Waals surface area contributed by atoms with Crippen molar-refractivity contribution in [1.29, 1.82) is 0 Å². The van der Waals surface area contributed by atoms with Gasteiger partial charge < -0.3 is 19.7 Å². The molecule has 9 heteroatoms. The van der Waals surface area contributed by atoms with E-state index in [0.29, 0.717) is 30.4 Å². The van der Waals surface area contributed by atoms with Gasteiger partial charge in [-0.05, 0) is 43.4 Å². The van der Waals surface area contributed by atoms with Gasteiger partial charge in [-0.1, -0.05) is 11.8 Å². The van der Waals surface area contributed by atoms with Crippen LogP contribution >= 0.6 is 11.8 Å². The molecule has 1 fully saturated rings. The van der Waals surface area contributed by atoms with Crippen LogP contribution in [-0.4, -0.2) is 66.3 Å². The molecule has 2 aromatic carbocycles. The van der Waals surface area contributed by atoms with Gasteiger partial charge in [0, 0.05) is 43.2 Å². The Bertz CT molecular complexity index is 1110. The number of halogens is 1. The van der Waals surface area contributed by atoms with E-state index in [-0.39, 0.29) is 17.5 Å². The van der Waals surface area contributed by atoms with Crippen LogP contribution in [0.1, 0.15) is 18.4 Å². The largest absolute Gasteiger partial charge is 0.486 e. The van der Waals surface area contributed by atoms with Gasteiger partial charge in [0.1, 0.15) is 24.1 Å². The van der Waals surface area contributed by atoms with Crippen LogP contribution in [0, 0.1) is 5.82 Å². The summed E-state index contributed by atoms with van der Waals surface area (Å²) < 4.78 is 24.6. The number of benzene rings is 2. The predicted octanol–water partition coefficient (Wildman–Crippen LogP) is 3.59. The number of anilines is 1. The lowest BCUT2D eigenvalue weighted by Gasteiger charge is -2.33. The highest BCUT2D eigenvalue weighted by Gasteiger charge is 2.39. The highest BCUT2D eigenvalue weighted by Crippen LogP contribution is 2.36. The van der Waals surface area contributed by atoms with Crippen LogP contribution in [0.25, 0.3) is 0 Å². The van der Waals surface area contributed by atoms with Crippen LogP contribution in [0.3, 0.4) is 0 Å². The standard InChI is InChI=1S/C24H25FN4O3S/c1-29-10-8-24(9-11-29)27-22(16-2-4-17(25)5-3-16)23(28-24)33-15-21(30)26-18-6-7-19-20(14-18)32-13-12-31-19/h2-7,14H,8-13,15H2,1H3,(H,26,30). The summed E-state index contributed by atoms with van der Waals surface area (Å²) >= 11 is 1.36. The fraction of sp³-hybridized carbons (Fsp3) is 0.375. The van der Waals surface area contributed by atoms with Crippen molar-refractivity contribution in [2.24, 2.45) is 9.98 Å². The lowest BCUT2D eigenvalue weighted by atomic mass is 9.99. The lowest BCUT2D eigenvalue weighted by molar-refractivity contribution is -0.113. The number of hydrogen-bond donors (Lipinski definition) is 1. The molecule has 0 unspecified atom stereocenters. The molecule has 0 aliphatic carbocycles. The van der Waals surface area contributed by atoms with Crippen LogP contribution in [0.2, 0.25) is 0 Å². The highest BCUT2D eigenvalue weighted by molar-refractivity contribution is 8.16. The third kappa shape index (κ3) is 4.89. The smallest absolute Gasteiger partial charge is 0.234 e. The second-order valence-corrected chi connectivity index (χ2v) is 9.33. The summed E-state index contributed by atoms with van der Waals surface area (Å²) in [5.74, 6) is 1.04. The fourth-order valence-electron chi connectivity index (χ4n) is 4.07. The van der Waals surface area contributed by atoms with E-state index in [0.717, 1.165) is 42.3 Å². The molecule has 5 rings (SSSR count). The predicted molar refractivity (Wildman–Crippen MR) is 128 cm³/mol. The van der Waals surface area contributed by atoms with Crippen LogP contribution in [0.5, 0.6) is 11.5 Å². The molecular weight excluding hydrogens is 443 g/mol. The molecule has 33 heavy (non-hydrogen) atoms. The Labute approximate surface area is 196 Å². The second kappa shape index (κ2) is 9.15. The van der Waals surface area contributed by atoms with Gasteiger partial charge in [-0.3, -0.25) is 9.79 Å². The molecule has 3 aliphatic heterocycles. The molecule has 1 spiro atoms. The van der Waals surface area contributed by atoms with Gasteiger partial charge in [0.15, 0.2) is 17.2 Å². The number of fused-ring (bicyclic) bond motifs is 1. The normalized spacial score (nSPS) is 19.2. The van der Waals surface area contributed by atoms with E-state index in [1.165, 1.54) is 23.9 Å². The minimum Gasteiger partial charge on any atom is -0.486 e. The van der Waals surface area contributed by atoms with Crippen LogP contribution in [0.4, 0.5) is 10.1 Å². The second-order valence-electron chi connectivity index (χ2n) is 8.37. The zero-order valence-corrected chi connectivity index (χ0v) is 19.2. The van der Waals surface area contributed by atoms with E-state index in [1.54, 1.807) is 30.3 Å². The average Bonchev–Trinajstić information content (AvgIpc) is 3.18. The fourth-order valence-corrected chi connectivity index (χ4v) is 4.95. The monoisotopic (exact) mass is 468 g/mol. The third-order valence-corrected chi connectivity index (χ3v) is 6.87. The molecule has 3 aliphatic rings. The summed E-state index contributed by atoms with van der Waals surface area (Å²) in [6.45, 7) is 2.83. The summed E-state index contributed by atoms with van der Waals surface area (Å²) in [6, 6.07) is 11.6. The molecule has 3 heterocycles. The molecule has 2 aromatic rings. The lowest BCUT2D eigenvalue weighted by Crippen LogP contribution is -2.39. The number of aliphatic imine (C=N–C) groups is 2. The Morgan fingerprint density at radius 2 is 1.82 bits per heavy atom. The molecule has 0 aromatic heterocycles. The number of carbonyl (C=O) groups is 1. The number of thioether (sulfide) groups is 1. The Hall–Kier alpha value is -2.91. The molecule has 1 amide bonds. The topological polar surface area (TPSA) is 75.5 Å². The zero-order valence-electron chi connectivity index (χ0n) is 18.3. The van der Waals surface area contributed by atoms with Crippen molar-refractivity contribution >= 4 is 34.1 Å². The number of carbonyl (C=O) groups excluding carboxylic acids is 1. The molecule has 1 saturated heterocycles. The van der Waals surface area contributed by atoms with Gasteiger partial charge >= 0.3 is 0 Å². The molecule has 1 N–H and O–H groups in total. The first-order chi connectivity index (χ1) is 16.0. The molecule has 0 saturated carbocycles. The van der Waals surface area contributed by atoms with Gasteiger partial charge in [-0.2, -0.15) is 0 Å². The molecule has 172 valence electrons. The van der Waals surface area contributed by atoms with Gasteiger partial charge in [-0.15, -0.1) is 0 Å². The summed E-state index contributed by atoms with van der Waals surface area (Å²) in [7, 11) is 2.09. The number of hydrogen-bond acceptors (Lipinski definition) is 7. The maximum Gasteiger partial charge on any atom is 0.234 e. The number of likely N-dealkylation sites (tertiary alicyclic amines) is 1. The average molecular weight is 469 g/mol. The highest BCUT2D eigenvalue weighted by atomic mass is 32.2. The summed E-state index contributed by atoms with van der Waals surface area (Å²) in [4.78, 5) is 24.9. The Balaban J connectivity index is 1.29. The van der Waals surface area contributed by atoms with Crippen molar-refractivity contribution in [3.8, 4) is 11.5 Å². The Morgan fingerprint density at radius 1 is 1.09 bits per heavy atom. The van der Waals surface area contributed by atoms with Crippen molar-refractivity contribution in [2.75, 3.05) is 44.4 Å². The van der Waals surface area contributed by atoms with Crippen molar-refractivity contribution in [1.82, 2.24) is 4.90 Å². The molecule has 0 atom stereocenters. The number of nitrogens with one attached hydrogen (secondary N) is 1. The maximum atomic E-state index is 13.5. The number of ether oxygens (including phenoxy) is 2. The van der Waals surface area contributed by atoms with Gasteiger partial charge in [0.2, 0.25) is 5.91 Å². The summed E-state index contributed by atoms with van der Waals surface area (Å²) in [6.07, 6.45) is 1.64.